The van der Waals surface area contributed by atoms with Crippen molar-refractivity contribution in [2.24, 2.45) is 0 Å². The highest BCUT2D eigenvalue weighted by Crippen LogP contribution is 2.29. The van der Waals surface area contributed by atoms with Crippen LogP contribution in [0, 0.1) is 6.92 Å². The Morgan fingerprint density at radius 1 is 1.21 bits per heavy atom. The second-order valence-electron chi connectivity index (χ2n) is 6.00. The van der Waals surface area contributed by atoms with E-state index in [1.54, 1.807) is 13.2 Å². The number of ether oxygens (including phenoxy) is 1. The number of amides is 1. The number of benzene rings is 2. The molecule has 1 aliphatic rings. The number of hydrogen-bond acceptors (Lipinski definition) is 3. The average Bonchev–Trinajstić information content (AvgIpc) is 3.09. The molecule has 2 aromatic carbocycles. The Kier molecular flexibility index (Phi) is 5.09. The number of carbonyl (C=O) groups is 1. The molecule has 1 aliphatic heterocycles. The molecular weight excluding hydrogens is 368 g/mol. The molecule has 0 unspecified atom stereocenters. The predicted molar refractivity (Wildman–Crippen MR) is 101 cm³/mol. The molecule has 0 saturated carbocycles. The molecule has 0 bridgehead atoms. The number of hydrogen-bond donors (Lipinski definition) is 1. The standard InChI is InChI=1S/C19H21BrN2O2/c1-13-10-14(20)11-17(18(13)24-2)19(23)21-15-6-5-7-16(12-15)22-8-3-4-9-22/h5-7,10-12H,3-4,8-9H2,1-2H3,(H,21,23). The zero-order valence-electron chi connectivity index (χ0n) is 13.9. The van der Waals surface area contributed by atoms with Gasteiger partial charge in [-0.2, -0.15) is 0 Å². The lowest BCUT2D eigenvalue weighted by Gasteiger charge is -2.18. The zero-order chi connectivity index (χ0) is 17.1. The molecule has 1 saturated heterocycles. The topological polar surface area (TPSA) is 41.6 Å². The van der Waals surface area contributed by atoms with E-state index in [2.05, 4.69) is 32.2 Å². The van der Waals surface area contributed by atoms with E-state index in [1.807, 2.05) is 31.2 Å². The SMILES string of the molecule is COc1c(C)cc(Br)cc1C(=O)Nc1cccc(N2CCCC2)c1. The zero-order valence-corrected chi connectivity index (χ0v) is 15.5. The predicted octanol–water partition coefficient (Wildman–Crippen LogP) is 4.62. The van der Waals surface area contributed by atoms with Crippen molar-refractivity contribution in [2.75, 3.05) is 30.4 Å². The van der Waals surface area contributed by atoms with Crippen LogP contribution < -0.4 is 15.0 Å². The third-order valence-corrected chi connectivity index (χ3v) is 4.72. The van der Waals surface area contributed by atoms with Gasteiger partial charge in [-0.05, 0) is 55.7 Å². The molecule has 0 aromatic heterocycles. The van der Waals surface area contributed by atoms with Crippen LogP contribution in [0.3, 0.4) is 0 Å². The van der Waals surface area contributed by atoms with E-state index in [0.717, 1.165) is 34.5 Å². The van der Waals surface area contributed by atoms with Crippen LogP contribution in [-0.2, 0) is 0 Å². The first kappa shape index (κ1) is 16.8. The minimum Gasteiger partial charge on any atom is -0.496 e. The number of methoxy groups -OCH3 is 1. The van der Waals surface area contributed by atoms with Gasteiger partial charge in [-0.3, -0.25) is 4.79 Å². The van der Waals surface area contributed by atoms with Crippen molar-refractivity contribution in [1.82, 2.24) is 0 Å². The van der Waals surface area contributed by atoms with Crippen LogP contribution in [-0.4, -0.2) is 26.1 Å². The molecule has 3 rings (SSSR count). The van der Waals surface area contributed by atoms with Crippen LogP contribution in [0.5, 0.6) is 5.75 Å². The lowest BCUT2D eigenvalue weighted by atomic mass is 10.1. The summed E-state index contributed by atoms with van der Waals surface area (Å²) in [6, 6.07) is 11.7. The first-order chi connectivity index (χ1) is 11.6. The summed E-state index contributed by atoms with van der Waals surface area (Å²) < 4.78 is 6.26. The summed E-state index contributed by atoms with van der Waals surface area (Å²) in [5, 5.41) is 2.98. The summed E-state index contributed by atoms with van der Waals surface area (Å²) in [5.41, 5.74) is 3.39. The molecule has 126 valence electrons. The van der Waals surface area contributed by atoms with Crippen LogP contribution >= 0.6 is 15.9 Å². The lowest BCUT2D eigenvalue weighted by molar-refractivity contribution is 0.102. The van der Waals surface area contributed by atoms with Crippen molar-refractivity contribution in [3.8, 4) is 5.75 Å². The van der Waals surface area contributed by atoms with Crippen molar-refractivity contribution >= 4 is 33.2 Å². The third-order valence-electron chi connectivity index (χ3n) is 4.26. The first-order valence-electron chi connectivity index (χ1n) is 8.09. The van der Waals surface area contributed by atoms with Crippen LogP contribution in [0.4, 0.5) is 11.4 Å². The summed E-state index contributed by atoms with van der Waals surface area (Å²) in [5.74, 6) is 0.432. The molecule has 0 atom stereocenters. The fourth-order valence-electron chi connectivity index (χ4n) is 3.12. The number of halogens is 1. The van der Waals surface area contributed by atoms with Crippen molar-refractivity contribution in [3.63, 3.8) is 0 Å². The summed E-state index contributed by atoms with van der Waals surface area (Å²) in [4.78, 5) is 15.1. The van der Waals surface area contributed by atoms with Gasteiger partial charge in [0.05, 0.1) is 12.7 Å². The number of aryl methyl sites for hydroxylation is 1. The van der Waals surface area contributed by atoms with Gasteiger partial charge in [-0.15, -0.1) is 0 Å². The van der Waals surface area contributed by atoms with Crippen LogP contribution in [0.1, 0.15) is 28.8 Å². The van der Waals surface area contributed by atoms with E-state index >= 15 is 0 Å². The Balaban J connectivity index is 1.84. The molecule has 1 fully saturated rings. The fraction of sp³-hybridized carbons (Fsp3) is 0.316. The molecule has 0 spiro atoms. The monoisotopic (exact) mass is 388 g/mol. The van der Waals surface area contributed by atoms with Crippen LogP contribution in [0.25, 0.3) is 0 Å². The van der Waals surface area contributed by atoms with Gasteiger partial charge in [0, 0.05) is 28.9 Å². The quantitative estimate of drug-likeness (QED) is 0.830. The van der Waals surface area contributed by atoms with Gasteiger partial charge < -0.3 is 15.0 Å². The van der Waals surface area contributed by atoms with Gasteiger partial charge >= 0.3 is 0 Å². The van der Waals surface area contributed by atoms with Crippen LogP contribution in [0.2, 0.25) is 0 Å². The lowest BCUT2D eigenvalue weighted by Crippen LogP contribution is -2.18. The van der Waals surface area contributed by atoms with Crippen LogP contribution in [0.15, 0.2) is 40.9 Å². The molecule has 1 N–H and O–H groups in total. The second-order valence-corrected chi connectivity index (χ2v) is 6.92. The summed E-state index contributed by atoms with van der Waals surface area (Å²) in [7, 11) is 1.58. The maximum absolute atomic E-state index is 12.7. The molecule has 4 nitrogen and oxygen atoms in total. The van der Waals surface area contributed by atoms with Crippen molar-refractivity contribution in [3.05, 3.63) is 52.0 Å². The van der Waals surface area contributed by atoms with Crippen molar-refractivity contribution in [2.45, 2.75) is 19.8 Å². The van der Waals surface area contributed by atoms with E-state index in [-0.39, 0.29) is 5.91 Å². The van der Waals surface area contributed by atoms with E-state index in [4.69, 9.17) is 4.74 Å². The molecule has 5 heteroatoms. The van der Waals surface area contributed by atoms with E-state index in [9.17, 15) is 4.79 Å². The highest BCUT2D eigenvalue weighted by Gasteiger charge is 2.17. The second kappa shape index (κ2) is 7.26. The number of nitrogens with zero attached hydrogens (tertiary/aromatic N) is 1. The number of rotatable bonds is 4. The van der Waals surface area contributed by atoms with E-state index < -0.39 is 0 Å². The molecule has 1 heterocycles. The third kappa shape index (κ3) is 3.56. The molecule has 2 aromatic rings. The van der Waals surface area contributed by atoms with Gasteiger partial charge in [0.2, 0.25) is 0 Å². The number of nitrogens with one attached hydrogen (secondary N) is 1. The Morgan fingerprint density at radius 2 is 1.96 bits per heavy atom. The number of anilines is 2. The van der Waals surface area contributed by atoms with Crippen molar-refractivity contribution in [1.29, 1.82) is 0 Å². The van der Waals surface area contributed by atoms with Gasteiger partial charge in [0.25, 0.3) is 5.91 Å². The summed E-state index contributed by atoms with van der Waals surface area (Å²) in [6.07, 6.45) is 2.45. The normalized spacial score (nSPS) is 13.9. The van der Waals surface area contributed by atoms with E-state index in [0.29, 0.717) is 11.3 Å². The van der Waals surface area contributed by atoms with Crippen molar-refractivity contribution < 1.29 is 9.53 Å². The maximum atomic E-state index is 12.7. The smallest absolute Gasteiger partial charge is 0.259 e. The maximum Gasteiger partial charge on any atom is 0.259 e. The average molecular weight is 389 g/mol. The Labute approximate surface area is 150 Å². The largest absolute Gasteiger partial charge is 0.496 e. The minimum atomic E-state index is -0.171. The Morgan fingerprint density at radius 3 is 2.67 bits per heavy atom. The van der Waals surface area contributed by atoms with Gasteiger partial charge in [0.1, 0.15) is 5.75 Å². The van der Waals surface area contributed by atoms with E-state index in [1.165, 1.54) is 12.8 Å². The Hall–Kier alpha value is -2.01. The Bertz CT molecular complexity index is 755. The first-order valence-corrected chi connectivity index (χ1v) is 8.88. The van der Waals surface area contributed by atoms with Gasteiger partial charge in [-0.25, -0.2) is 0 Å². The highest BCUT2D eigenvalue weighted by molar-refractivity contribution is 9.10. The van der Waals surface area contributed by atoms with Gasteiger partial charge in [-0.1, -0.05) is 22.0 Å². The number of carbonyl (C=O) groups excluding carboxylic acids is 1. The summed E-state index contributed by atoms with van der Waals surface area (Å²) in [6.45, 7) is 4.08. The molecule has 0 aliphatic carbocycles. The highest BCUT2D eigenvalue weighted by atomic mass is 79.9. The summed E-state index contributed by atoms with van der Waals surface area (Å²) >= 11 is 3.44. The molecule has 0 radical (unpaired) electrons. The van der Waals surface area contributed by atoms with Gasteiger partial charge in [0.15, 0.2) is 0 Å². The molecule has 24 heavy (non-hydrogen) atoms. The molecule has 1 amide bonds. The molecular formula is C19H21BrN2O2. The fourth-order valence-corrected chi connectivity index (χ4v) is 3.70. The minimum absolute atomic E-state index is 0.171.